The van der Waals surface area contributed by atoms with Gasteiger partial charge in [-0.05, 0) is 56.2 Å². The van der Waals surface area contributed by atoms with Crippen molar-refractivity contribution in [3.05, 3.63) is 47.8 Å². The molecule has 1 aromatic heterocycles. The summed E-state index contributed by atoms with van der Waals surface area (Å²) in [5.41, 5.74) is 1.26. The summed E-state index contributed by atoms with van der Waals surface area (Å²) in [5.74, 6) is 1.95. The fourth-order valence-corrected chi connectivity index (χ4v) is 4.22. The number of fused-ring (bicyclic) bond motifs is 1. The number of aryl methyl sites for hydroxylation is 1. The molecule has 1 amide bonds. The first kappa shape index (κ1) is 15.4. The van der Waals surface area contributed by atoms with E-state index in [1.807, 2.05) is 19.9 Å². The molecule has 0 bridgehead atoms. The molecule has 4 rings (SSSR count). The number of benzene rings is 1. The van der Waals surface area contributed by atoms with Gasteiger partial charge in [-0.3, -0.25) is 4.79 Å². The van der Waals surface area contributed by atoms with Crippen LogP contribution in [-0.4, -0.2) is 15.5 Å². The van der Waals surface area contributed by atoms with Crippen molar-refractivity contribution >= 4 is 5.91 Å². The molecule has 1 heterocycles. The molecule has 1 N–H and O–H groups in total. The lowest BCUT2D eigenvalue weighted by atomic mass is 10.1. The molecule has 5 heteroatoms. The van der Waals surface area contributed by atoms with E-state index < -0.39 is 0 Å². The zero-order valence-corrected chi connectivity index (χ0v) is 14.0. The minimum Gasteiger partial charge on any atom is -0.349 e. The molecule has 2 saturated carbocycles. The summed E-state index contributed by atoms with van der Waals surface area (Å²) in [4.78, 5) is 16.5. The summed E-state index contributed by atoms with van der Waals surface area (Å²) < 4.78 is 16.2. The van der Waals surface area contributed by atoms with Gasteiger partial charge in [0, 0.05) is 18.3 Å². The molecular weight excluding hydrogens is 305 g/mol. The maximum Gasteiger partial charge on any atom is 0.224 e. The Hall–Kier alpha value is -2.17. The summed E-state index contributed by atoms with van der Waals surface area (Å²) in [6.45, 7) is 3.75. The molecular formula is C19H22FN3O. The average molecular weight is 327 g/mol. The topological polar surface area (TPSA) is 46.9 Å². The highest BCUT2D eigenvalue weighted by Crippen LogP contribution is 2.57. The van der Waals surface area contributed by atoms with Crippen molar-refractivity contribution < 1.29 is 9.18 Å². The van der Waals surface area contributed by atoms with Gasteiger partial charge >= 0.3 is 0 Å². The van der Waals surface area contributed by atoms with E-state index >= 15 is 0 Å². The van der Waals surface area contributed by atoms with Gasteiger partial charge in [0.05, 0.1) is 11.7 Å². The summed E-state index contributed by atoms with van der Waals surface area (Å²) in [7, 11) is 0. The zero-order chi connectivity index (χ0) is 16.8. The number of imidazole rings is 1. The summed E-state index contributed by atoms with van der Waals surface area (Å²) >= 11 is 0. The van der Waals surface area contributed by atoms with E-state index in [1.54, 1.807) is 23.0 Å². The van der Waals surface area contributed by atoms with Gasteiger partial charge in [0.2, 0.25) is 5.91 Å². The number of nitrogens with one attached hydrogen (secondary N) is 1. The number of nitrogens with zero attached hydrogens (tertiary/aromatic N) is 2. The monoisotopic (exact) mass is 327 g/mol. The second-order valence-electron chi connectivity index (χ2n) is 7.07. The Labute approximate surface area is 141 Å². The van der Waals surface area contributed by atoms with Crippen LogP contribution in [0.1, 0.15) is 43.6 Å². The summed E-state index contributed by atoms with van der Waals surface area (Å²) in [6.07, 6.45) is 7.02. The molecule has 2 fully saturated rings. The molecule has 1 aromatic carbocycles. The quantitative estimate of drug-likeness (QED) is 0.933. The second-order valence-corrected chi connectivity index (χ2v) is 7.07. The van der Waals surface area contributed by atoms with E-state index in [1.165, 1.54) is 25.3 Å². The van der Waals surface area contributed by atoms with Crippen LogP contribution in [0.15, 0.2) is 30.6 Å². The van der Waals surface area contributed by atoms with Crippen molar-refractivity contribution in [1.82, 2.24) is 14.9 Å². The number of carbonyl (C=O) groups excluding carboxylic acids is 1. The van der Waals surface area contributed by atoms with E-state index in [-0.39, 0.29) is 23.7 Å². The predicted octanol–water partition coefficient (Wildman–Crippen LogP) is 3.54. The highest BCUT2D eigenvalue weighted by atomic mass is 19.1. The largest absolute Gasteiger partial charge is 0.349 e. The van der Waals surface area contributed by atoms with Gasteiger partial charge in [-0.25, -0.2) is 9.37 Å². The molecule has 1 unspecified atom stereocenters. The first-order valence-electron chi connectivity index (χ1n) is 8.66. The normalized spacial score (nSPS) is 26.0. The third-order valence-electron chi connectivity index (χ3n) is 5.63. The standard InChI is InChI=1S/C19H22FN3O/c1-11(22-19(24)18-14-4-3-5-15(14)18)13-6-7-17(16(20)10-13)23-9-8-21-12(23)2/h6-11,14-15,18H,3-5H2,1-2H3,(H,22,24)/t11-,14-,15+,18?/m1/s1. The highest BCUT2D eigenvalue weighted by Gasteiger charge is 2.56. The van der Waals surface area contributed by atoms with Crippen LogP contribution in [0.4, 0.5) is 4.39 Å². The SMILES string of the molecule is Cc1nccn1-c1ccc([C@@H](C)NC(=O)C2[C@H]3CCC[C@@H]23)cc1F. The minimum atomic E-state index is -0.307. The van der Waals surface area contributed by atoms with Gasteiger partial charge in [-0.15, -0.1) is 0 Å². The second kappa shape index (κ2) is 5.72. The Kier molecular flexibility index (Phi) is 3.66. The maximum absolute atomic E-state index is 14.5. The fraction of sp³-hybridized carbons (Fsp3) is 0.474. The van der Waals surface area contributed by atoms with Crippen LogP contribution < -0.4 is 5.32 Å². The van der Waals surface area contributed by atoms with E-state index in [4.69, 9.17) is 0 Å². The Balaban J connectivity index is 1.47. The first-order valence-corrected chi connectivity index (χ1v) is 8.66. The first-order chi connectivity index (χ1) is 11.6. The maximum atomic E-state index is 14.5. The molecule has 4 atom stereocenters. The predicted molar refractivity (Wildman–Crippen MR) is 89.1 cm³/mol. The van der Waals surface area contributed by atoms with Crippen molar-refractivity contribution in [3.8, 4) is 5.69 Å². The minimum absolute atomic E-state index is 0.132. The van der Waals surface area contributed by atoms with Crippen LogP contribution in [0, 0.1) is 30.5 Å². The molecule has 2 aromatic rings. The summed E-state index contributed by atoms with van der Waals surface area (Å²) in [5, 5.41) is 3.05. The number of halogens is 1. The summed E-state index contributed by atoms with van der Waals surface area (Å²) in [6, 6.07) is 4.93. The van der Waals surface area contributed by atoms with Gasteiger partial charge < -0.3 is 9.88 Å². The molecule has 4 nitrogen and oxygen atoms in total. The number of carbonyl (C=O) groups is 1. The van der Waals surface area contributed by atoms with Crippen molar-refractivity contribution in [1.29, 1.82) is 0 Å². The third kappa shape index (κ3) is 2.52. The number of hydrogen-bond acceptors (Lipinski definition) is 2. The molecule has 2 aliphatic carbocycles. The Morgan fingerprint density at radius 3 is 2.75 bits per heavy atom. The van der Waals surface area contributed by atoms with E-state index in [9.17, 15) is 9.18 Å². The van der Waals surface area contributed by atoms with Crippen LogP contribution in [0.25, 0.3) is 5.69 Å². The van der Waals surface area contributed by atoms with Crippen LogP contribution in [0.2, 0.25) is 0 Å². The lowest BCUT2D eigenvalue weighted by Crippen LogP contribution is -2.29. The molecule has 2 aliphatic rings. The fourth-order valence-electron chi connectivity index (χ4n) is 4.22. The average Bonchev–Trinajstić information content (AvgIpc) is 2.87. The zero-order valence-electron chi connectivity index (χ0n) is 14.0. The van der Waals surface area contributed by atoms with Crippen molar-refractivity contribution in [2.24, 2.45) is 17.8 Å². The number of hydrogen-bond donors (Lipinski definition) is 1. The smallest absolute Gasteiger partial charge is 0.224 e. The number of amides is 1. The van der Waals surface area contributed by atoms with E-state index in [2.05, 4.69) is 10.3 Å². The van der Waals surface area contributed by atoms with Gasteiger partial charge in [-0.1, -0.05) is 12.5 Å². The molecule has 0 spiro atoms. The Bertz CT molecular complexity index is 775. The van der Waals surface area contributed by atoms with E-state index in [0.29, 0.717) is 17.5 Å². The Morgan fingerprint density at radius 1 is 1.38 bits per heavy atom. The number of rotatable bonds is 4. The molecule has 0 aliphatic heterocycles. The van der Waals surface area contributed by atoms with Crippen molar-refractivity contribution in [2.75, 3.05) is 0 Å². The van der Waals surface area contributed by atoms with Crippen LogP contribution in [0.3, 0.4) is 0 Å². The van der Waals surface area contributed by atoms with Crippen LogP contribution in [-0.2, 0) is 4.79 Å². The lowest BCUT2D eigenvalue weighted by Gasteiger charge is -2.16. The van der Waals surface area contributed by atoms with Gasteiger partial charge in [-0.2, -0.15) is 0 Å². The highest BCUT2D eigenvalue weighted by molar-refractivity contribution is 5.82. The number of aromatic nitrogens is 2. The van der Waals surface area contributed by atoms with Crippen LogP contribution in [0.5, 0.6) is 0 Å². The molecule has 126 valence electrons. The van der Waals surface area contributed by atoms with Gasteiger partial charge in [0.1, 0.15) is 11.6 Å². The lowest BCUT2D eigenvalue weighted by molar-refractivity contribution is -0.123. The van der Waals surface area contributed by atoms with Crippen LogP contribution >= 0.6 is 0 Å². The molecule has 0 radical (unpaired) electrons. The molecule has 24 heavy (non-hydrogen) atoms. The molecule has 0 saturated heterocycles. The van der Waals surface area contributed by atoms with Crippen molar-refractivity contribution in [3.63, 3.8) is 0 Å². The van der Waals surface area contributed by atoms with Gasteiger partial charge in [0.15, 0.2) is 0 Å². The third-order valence-corrected chi connectivity index (χ3v) is 5.63. The van der Waals surface area contributed by atoms with Crippen molar-refractivity contribution in [2.45, 2.75) is 39.2 Å². The van der Waals surface area contributed by atoms with E-state index in [0.717, 1.165) is 11.4 Å². The van der Waals surface area contributed by atoms with Gasteiger partial charge in [0.25, 0.3) is 0 Å². The Morgan fingerprint density at radius 2 is 2.12 bits per heavy atom.